The van der Waals surface area contributed by atoms with E-state index in [2.05, 4.69) is 5.32 Å². The summed E-state index contributed by atoms with van der Waals surface area (Å²) in [6.07, 6.45) is -4.46. The lowest BCUT2D eigenvalue weighted by Gasteiger charge is -2.13. The second-order valence-electron chi connectivity index (χ2n) is 4.68. The minimum atomic E-state index is -4.39. The maximum Gasteiger partial charge on any atom is 0.416 e. The summed E-state index contributed by atoms with van der Waals surface area (Å²) in [6, 6.07) is 8.47. The first-order valence-electron chi connectivity index (χ1n) is 6.35. The summed E-state index contributed by atoms with van der Waals surface area (Å²) in [7, 11) is 0. The fraction of sp³-hybridized carbons (Fsp3) is 0.267. The van der Waals surface area contributed by atoms with Gasteiger partial charge in [0.15, 0.2) is 0 Å². The Morgan fingerprint density at radius 2 is 2.05 bits per heavy atom. The number of hydrogen-bond acceptors (Lipinski definition) is 2. The summed E-state index contributed by atoms with van der Waals surface area (Å²) < 4.78 is 37.8. The van der Waals surface area contributed by atoms with Crippen molar-refractivity contribution < 1.29 is 18.0 Å². The van der Waals surface area contributed by atoms with Gasteiger partial charge in [-0.1, -0.05) is 24.3 Å². The van der Waals surface area contributed by atoms with E-state index in [1.807, 2.05) is 24.4 Å². The van der Waals surface area contributed by atoms with Crippen molar-refractivity contribution in [3.63, 3.8) is 0 Å². The number of amides is 1. The summed E-state index contributed by atoms with van der Waals surface area (Å²) in [6.45, 7) is 1.84. The van der Waals surface area contributed by atoms with Crippen molar-refractivity contribution in [1.29, 1.82) is 0 Å². The van der Waals surface area contributed by atoms with E-state index in [1.54, 1.807) is 0 Å². The molecular weight excluding hydrogens is 299 g/mol. The highest BCUT2D eigenvalue weighted by Crippen LogP contribution is 2.29. The van der Waals surface area contributed by atoms with E-state index in [1.165, 1.54) is 23.5 Å². The second-order valence-corrected chi connectivity index (χ2v) is 5.66. The van der Waals surface area contributed by atoms with Crippen LogP contribution in [-0.2, 0) is 17.4 Å². The van der Waals surface area contributed by atoms with Gasteiger partial charge >= 0.3 is 6.18 Å². The Morgan fingerprint density at radius 3 is 2.67 bits per heavy atom. The first-order chi connectivity index (χ1) is 9.86. The molecule has 1 atom stereocenters. The van der Waals surface area contributed by atoms with Gasteiger partial charge in [-0.2, -0.15) is 13.2 Å². The van der Waals surface area contributed by atoms with Gasteiger partial charge in [-0.05, 0) is 30.0 Å². The molecule has 2 nitrogen and oxygen atoms in total. The zero-order valence-electron chi connectivity index (χ0n) is 11.3. The Labute approximate surface area is 124 Å². The van der Waals surface area contributed by atoms with Crippen LogP contribution in [0.25, 0.3) is 0 Å². The molecule has 0 radical (unpaired) electrons. The van der Waals surface area contributed by atoms with E-state index in [0.29, 0.717) is 5.56 Å². The summed E-state index contributed by atoms with van der Waals surface area (Å²) >= 11 is 1.52. The molecule has 0 bridgehead atoms. The number of halogens is 3. The van der Waals surface area contributed by atoms with Gasteiger partial charge in [-0.25, -0.2) is 0 Å². The molecule has 2 aromatic rings. The van der Waals surface area contributed by atoms with Crippen molar-refractivity contribution in [2.24, 2.45) is 0 Å². The van der Waals surface area contributed by atoms with Crippen LogP contribution in [0.15, 0.2) is 41.8 Å². The lowest BCUT2D eigenvalue weighted by Crippen LogP contribution is -2.27. The van der Waals surface area contributed by atoms with Crippen LogP contribution < -0.4 is 5.32 Å². The van der Waals surface area contributed by atoms with Crippen molar-refractivity contribution in [3.05, 3.63) is 57.8 Å². The topological polar surface area (TPSA) is 29.1 Å². The standard InChI is InChI=1S/C15H14F3NOS/c1-10(13-6-3-7-21-13)19-14(20)9-11-4-2-5-12(8-11)15(16,17)18/h2-8,10H,9H2,1H3,(H,19,20)/t10-/m0/s1. The predicted octanol–water partition coefficient (Wildman–Crippen LogP) is 4.19. The van der Waals surface area contributed by atoms with Crippen LogP contribution in [0.2, 0.25) is 0 Å². The van der Waals surface area contributed by atoms with Gasteiger partial charge in [0.05, 0.1) is 18.0 Å². The first kappa shape index (κ1) is 15.6. The number of benzene rings is 1. The molecule has 0 saturated carbocycles. The van der Waals surface area contributed by atoms with E-state index < -0.39 is 11.7 Å². The van der Waals surface area contributed by atoms with Crippen molar-refractivity contribution in [2.45, 2.75) is 25.6 Å². The molecule has 0 aliphatic heterocycles. The Morgan fingerprint density at radius 1 is 1.29 bits per heavy atom. The molecule has 0 fully saturated rings. The number of carbonyl (C=O) groups is 1. The highest BCUT2D eigenvalue weighted by molar-refractivity contribution is 7.10. The second kappa shape index (κ2) is 6.30. The van der Waals surface area contributed by atoms with Gasteiger partial charge < -0.3 is 5.32 Å². The fourth-order valence-electron chi connectivity index (χ4n) is 1.94. The summed E-state index contributed by atoms with van der Waals surface area (Å²) in [5.74, 6) is -0.296. The Kier molecular flexibility index (Phi) is 4.67. The summed E-state index contributed by atoms with van der Waals surface area (Å²) in [5.41, 5.74) is -0.389. The molecular formula is C15H14F3NOS. The van der Waals surface area contributed by atoms with Crippen LogP contribution in [0, 0.1) is 0 Å². The third-order valence-corrected chi connectivity index (χ3v) is 4.02. The molecule has 2 rings (SSSR count). The smallest absolute Gasteiger partial charge is 0.348 e. The van der Waals surface area contributed by atoms with Crippen LogP contribution >= 0.6 is 11.3 Å². The number of nitrogens with one attached hydrogen (secondary N) is 1. The number of rotatable bonds is 4. The van der Waals surface area contributed by atoms with Gasteiger partial charge in [0.1, 0.15) is 0 Å². The van der Waals surface area contributed by atoms with E-state index in [0.717, 1.165) is 17.0 Å². The monoisotopic (exact) mass is 313 g/mol. The van der Waals surface area contributed by atoms with Crippen LogP contribution in [0.3, 0.4) is 0 Å². The molecule has 1 heterocycles. The van der Waals surface area contributed by atoms with Crippen molar-refractivity contribution >= 4 is 17.2 Å². The lowest BCUT2D eigenvalue weighted by molar-refractivity contribution is -0.137. The predicted molar refractivity (Wildman–Crippen MR) is 76.0 cm³/mol. The maximum atomic E-state index is 12.6. The minimum absolute atomic E-state index is 0.0698. The molecule has 0 aliphatic carbocycles. The lowest BCUT2D eigenvalue weighted by atomic mass is 10.1. The molecule has 112 valence electrons. The third kappa shape index (κ3) is 4.32. The minimum Gasteiger partial charge on any atom is -0.348 e. The van der Waals surface area contributed by atoms with E-state index >= 15 is 0 Å². The number of hydrogen-bond donors (Lipinski definition) is 1. The highest BCUT2D eigenvalue weighted by Gasteiger charge is 2.30. The summed E-state index contributed by atoms with van der Waals surface area (Å²) in [4.78, 5) is 12.9. The molecule has 1 N–H and O–H groups in total. The van der Waals surface area contributed by atoms with Crippen molar-refractivity contribution in [2.75, 3.05) is 0 Å². The molecule has 6 heteroatoms. The molecule has 0 unspecified atom stereocenters. The number of thiophene rings is 1. The number of alkyl halides is 3. The summed E-state index contributed by atoms with van der Waals surface area (Å²) in [5, 5.41) is 4.69. The van der Waals surface area contributed by atoms with Crippen molar-refractivity contribution in [1.82, 2.24) is 5.32 Å². The zero-order chi connectivity index (χ0) is 15.5. The molecule has 0 saturated heterocycles. The molecule has 1 amide bonds. The zero-order valence-corrected chi connectivity index (χ0v) is 12.1. The van der Waals surface area contributed by atoms with Gasteiger partial charge in [0.25, 0.3) is 0 Å². The highest BCUT2D eigenvalue weighted by atomic mass is 32.1. The third-order valence-electron chi connectivity index (χ3n) is 2.97. The van der Waals surface area contributed by atoms with E-state index in [4.69, 9.17) is 0 Å². The van der Waals surface area contributed by atoms with Crippen LogP contribution in [0.1, 0.15) is 29.0 Å². The quantitative estimate of drug-likeness (QED) is 0.901. The first-order valence-corrected chi connectivity index (χ1v) is 7.23. The van der Waals surface area contributed by atoms with E-state index in [-0.39, 0.29) is 18.4 Å². The van der Waals surface area contributed by atoms with Gasteiger partial charge in [-0.3, -0.25) is 4.79 Å². The Hall–Kier alpha value is -1.82. The average molecular weight is 313 g/mol. The Bertz CT molecular complexity index is 608. The maximum absolute atomic E-state index is 12.6. The molecule has 0 spiro atoms. The molecule has 0 aliphatic rings. The molecule has 1 aromatic heterocycles. The Balaban J connectivity index is 2.00. The van der Waals surface area contributed by atoms with Crippen LogP contribution in [0.5, 0.6) is 0 Å². The van der Waals surface area contributed by atoms with E-state index in [9.17, 15) is 18.0 Å². The van der Waals surface area contributed by atoms with Crippen LogP contribution in [0.4, 0.5) is 13.2 Å². The van der Waals surface area contributed by atoms with Gasteiger partial charge in [0.2, 0.25) is 5.91 Å². The normalized spacial score (nSPS) is 13.0. The average Bonchev–Trinajstić information content (AvgIpc) is 2.91. The molecule has 1 aromatic carbocycles. The van der Waals surface area contributed by atoms with Gasteiger partial charge in [-0.15, -0.1) is 11.3 Å². The number of carbonyl (C=O) groups excluding carboxylic acids is 1. The SMILES string of the molecule is C[C@H](NC(=O)Cc1cccc(C(F)(F)F)c1)c1cccs1. The van der Waals surface area contributed by atoms with Crippen LogP contribution in [-0.4, -0.2) is 5.91 Å². The van der Waals surface area contributed by atoms with Crippen molar-refractivity contribution in [3.8, 4) is 0 Å². The largest absolute Gasteiger partial charge is 0.416 e. The van der Waals surface area contributed by atoms with Gasteiger partial charge in [0, 0.05) is 4.88 Å². The fourth-order valence-corrected chi connectivity index (χ4v) is 2.68. The molecule has 21 heavy (non-hydrogen) atoms.